The van der Waals surface area contributed by atoms with E-state index in [2.05, 4.69) is 45.1 Å². The molecule has 6 heteroatoms. The van der Waals surface area contributed by atoms with E-state index in [0.717, 1.165) is 17.5 Å². The minimum atomic E-state index is -0.219. The zero-order valence-corrected chi connectivity index (χ0v) is 13.6. The van der Waals surface area contributed by atoms with Crippen LogP contribution in [-0.4, -0.2) is 22.5 Å². The van der Waals surface area contributed by atoms with E-state index < -0.39 is 0 Å². The van der Waals surface area contributed by atoms with Gasteiger partial charge in [-0.1, -0.05) is 42.0 Å². The van der Waals surface area contributed by atoms with Crippen LogP contribution in [0.2, 0.25) is 0 Å². The molecule has 0 fully saturated rings. The maximum absolute atomic E-state index is 11.8. The SMILES string of the molecule is Cc1cccc(CCNC(=O)NSc2nc3ccccc3[nH]2)c1. The minimum absolute atomic E-state index is 0.219. The standard InChI is InChI=1S/C17H18N4OS/c1-12-5-4-6-13(11-12)9-10-18-16(22)21-23-17-19-14-7-2-3-8-15(14)20-17/h2-8,11H,9-10H2,1H3,(H,19,20)(H2,18,21,22). The number of aromatic amines is 1. The Morgan fingerprint density at radius 3 is 2.91 bits per heavy atom. The molecule has 1 heterocycles. The molecule has 0 spiro atoms. The second kappa shape index (κ2) is 7.19. The van der Waals surface area contributed by atoms with Gasteiger partial charge in [-0.3, -0.25) is 4.72 Å². The molecule has 2 amide bonds. The maximum Gasteiger partial charge on any atom is 0.325 e. The van der Waals surface area contributed by atoms with Crippen molar-refractivity contribution in [3.8, 4) is 0 Å². The van der Waals surface area contributed by atoms with E-state index >= 15 is 0 Å². The first-order valence-electron chi connectivity index (χ1n) is 7.42. The molecule has 0 aliphatic carbocycles. The van der Waals surface area contributed by atoms with Gasteiger partial charge in [0.15, 0.2) is 5.16 Å². The molecule has 2 aromatic carbocycles. The Labute approximate surface area is 139 Å². The normalized spacial score (nSPS) is 10.7. The molecule has 3 N–H and O–H groups in total. The molecule has 23 heavy (non-hydrogen) atoms. The summed E-state index contributed by atoms with van der Waals surface area (Å²) in [6, 6.07) is 15.8. The van der Waals surface area contributed by atoms with Crippen molar-refractivity contribution in [3.05, 3.63) is 59.7 Å². The molecule has 0 aliphatic heterocycles. The molecular weight excluding hydrogens is 308 g/mol. The summed E-state index contributed by atoms with van der Waals surface area (Å²) in [5.41, 5.74) is 4.29. The van der Waals surface area contributed by atoms with E-state index in [1.54, 1.807) is 0 Å². The van der Waals surface area contributed by atoms with E-state index in [1.807, 2.05) is 30.3 Å². The Balaban J connectivity index is 1.44. The molecular formula is C17H18N4OS. The van der Waals surface area contributed by atoms with Gasteiger partial charge in [0.25, 0.3) is 0 Å². The van der Waals surface area contributed by atoms with Crippen molar-refractivity contribution in [1.82, 2.24) is 20.0 Å². The number of benzene rings is 2. The van der Waals surface area contributed by atoms with Gasteiger partial charge in [0, 0.05) is 18.5 Å². The first-order valence-corrected chi connectivity index (χ1v) is 8.23. The van der Waals surface area contributed by atoms with E-state index in [0.29, 0.717) is 11.7 Å². The average Bonchev–Trinajstić information content (AvgIpc) is 2.96. The number of amides is 2. The fourth-order valence-corrected chi connectivity index (χ4v) is 2.86. The molecule has 0 radical (unpaired) electrons. The molecule has 0 bridgehead atoms. The smallest absolute Gasteiger partial charge is 0.325 e. The van der Waals surface area contributed by atoms with Crippen LogP contribution >= 0.6 is 11.9 Å². The lowest BCUT2D eigenvalue weighted by atomic mass is 10.1. The van der Waals surface area contributed by atoms with Gasteiger partial charge in [0.1, 0.15) is 0 Å². The lowest BCUT2D eigenvalue weighted by Crippen LogP contribution is -2.32. The lowest BCUT2D eigenvalue weighted by Gasteiger charge is -2.06. The van der Waals surface area contributed by atoms with Crippen molar-refractivity contribution >= 4 is 29.0 Å². The van der Waals surface area contributed by atoms with E-state index in [4.69, 9.17) is 0 Å². The number of hydrogen-bond donors (Lipinski definition) is 3. The van der Waals surface area contributed by atoms with Crippen LogP contribution in [-0.2, 0) is 6.42 Å². The maximum atomic E-state index is 11.8. The summed E-state index contributed by atoms with van der Waals surface area (Å²) >= 11 is 1.17. The van der Waals surface area contributed by atoms with Gasteiger partial charge < -0.3 is 10.3 Å². The Morgan fingerprint density at radius 2 is 2.09 bits per heavy atom. The molecule has 0 atom stereocenters. The van der Waals surface area contributed by atoms with Gasteiger partial charge in [0.2, 0.25) is 0 Å². The second-order valence-electron chi connectivity index (χ2n) is 5.26. The van der Waals surface area contributed by atoms with Crippen LogP contribution in [0.15, 0.2) is 53.7 Å². The zero-order valence-electron chi connectivity index (χ0n) is 12.8. The topological polar surface area (TPSA) is 69.8 Å². The number of urea groups is 1. The molecule has 118 valence electrons. The Hall–Kier alpha value is -2.47. The number of nitrogens with zero attached hydrogens (tertiary/aromatic N) is 1. The molecule has 5 nitrogen and oxygen atoms in total. The lowest BCUT2D eigenvalue weighted by molar-refractivity contribution is 0.246. The number of nitrogens with one attached hydrogen (secondary N) is 3. The van der Waals surface area contributed by atoms with Gasteiger partial charge in [-0.25, -0.2) is 9.78 Å². The largest absolute Gasteiger partial charge is 0.337 e. The molecule has 1 aromatic heterocycles. The molecule has 0 unspecified atom stereocenters. The molecule has 3 rings (SSSR count). The predicted molar refractivity (Wildman–Crippen MR) is 93.4 cm³/mol. The summed E-state index contributed by atoms with van der Waals surface area (Å²) in [4.78, 5) is 19.3. The van der Waals surface area contributed by atoms with Crippen molar-refractivity contribution < 1.29 is 4.79 Å². The summed E-state index contributed by atoms with van der Waals surface area (Å²) in [6.45, 7) is 2.66. The highest BCUT2D eigenvalue weighted by Gasteiger charge is 2.05. The number of aromatic nitrogens is 2. The van der Waals surface area contributed by atoms with Crippen LogP contribution in [0, 0.1) is 6.92 Å². The van der Waals surface area contributed by atoms with E-state index in [9.17, 15) is 4.79 Å². The Bertz CT molecular complexity index is 782. The first-order chi connectivity index (χ1) is 11.2. The van der Waals surface area contributed by atoms with E-state index in [-0.39, 0.29) is 6.03 Å². The van der Waals surface area contributed by atoms with Crippen LogP contribution in [0.4, 0.5) is 4.79 Å². The predicted octanol–water partition coefficient (Wildman–Crippen LogP) is 3.42. The van der Waals surface area contributed by atoms with Crippen LogP contribution < -0.4 is 10.0 Å². The minimum Gasteiger partial charge on any atom is -0.337 e. The third-order valence-corrected chi connectivity index (χ3v) is 4.06. The van der Waals surface area contributed by atoms with Crippen LogP contribution in [0.25, 0.3) is 11.0 Å². The summed E-state index contributed by atoms with van der Waals surface area (Å²) in [5, 5.41) is 3.51. The molecule has 3 aromatic rings. The van der Waals surface area contributed by atoms with Crippen molar-refractivity contribution in [1.29, 1.82) is 0 Å². The molecule has 0 aliphatic rings. The number of carbonyl (C=O) groups is 1. The number of carbonyl (C=O) groups excluding carboxylic acids is 1. The highest BCUT2D eigenvalue weighted by molar-refractivity contribution is 7.97. The highest BCUT2D eigenvalue weighted by Crippen LogP contribution is 2.16. The van der Waals surface area contributed by atoms with Crippen LogP contribution in [0.3, 0.4) is 0 Å². The van der Waals surface area contributed by atoms with Crippen molar-refractivity contribution in [3.63, 3.8) is 0 Å². The van der Waals surface area contributed by atoms with E-state index in [1.165, 1.54) is 23.1 Å². The average molecular weight is 326 g/mol. The van der Waals surface area contributed by atoms with Gasteiger partial charge in [-0.05, 0) is 31.0 Å². The zero-order chi connectivity index (χ0) is 16.1. The first kappa shape index (κ1) is 15.4. The monoisotopic (exact) mass is 326 g/mol. The Kier molecular flexibility index (Phi) is 4.83. The summed E-state index contributed by atoms with van der Waals surface area (Å²) in [7, 11) is 0. The Morgan fingerprint density at radius 1 is 1.22 bits per heavy atom. The number of H-pyrrole nitrogens is 1. The summed E-state index contributed by atoms with van der Waals surface area (Å²) in [5.74, 6) is 0. The highest BCUT2D eigenvalue weighted by atomic mass is 32.2. The van der Waals surface area contributed by atoms with Crippen LogP contribution in [0.1, 0.15) is 11.1 Å². The van der Waals surface area contributed by atoms with Crippen molar-refractivity contribution in [2.24, 2.45) is 0 Å². The number of para-hydroxylation sites is 2. The number of fused-ring (bicyclic) bond motifs is 1. The fraction of sp³-hybridized carbons (Fsp3) is 0.176. The quantitative estimate of drug-likeness (QED) is 0.629. The van der Waals surface area contributed by atoms with Crippen molar-refractivity contribution in [2.75, 3.05) is 6.54 Å². The summed E-state index contributed by atoms with van der Waals surface area (Å²) in [6.07, 6.45) is 0.810. The van der Waals surface area contributed by atoms with Crippen LogP contribution in [0.5, 0.6) is 0 Å². The number of aryl methyl sites for hydroxylation is 1. The molecule has 0 saturated carbocycles. The van der Waals surface area contributed by atoms with Gasteiger partial charge >= 0.3 is 6.03 Å². The summed E-state index contributed by atoms with van der Waals surface area (Å²) < 4.78 is 2.73. The van der Waals surface area contributed by atoms with Crippen molar-refractivity contribution in [2.45, 2.75) is 18.5 Å². The third kappa shape index (κ3) is 4.26. The number of rotatable bonds is 5. The van der Waals surface area contributed by atoms with Gasteiger partial charge in [-0.15, -0.1) is 0 Å². The molecule has 0 saturated heterocycles. The fourth-order valence-electron chi connectivity index (χ4n) is 2.30. The second-order valence-corrected chi connectivity index (χ2v) is 6.05. The number of hydrogen-bond acceptors (Lipinski definition) is 3. The third-order valence-electron chi connectivity index (χ3n) is 3.39. The van der Waals surface area contributed by atoms with Gasteiger partial charge in [0.05, 0.1) is 11.0 Å². The number of imidazole rings is 1. The van der Waals surface area contributed by atoms with Gasteiger partial charge in [-0.2, -0.15) is 0 Å².